The normalized spacial score (nSPS) is 14.6. The summed E-state index contributed by atoms with van der Waals surface area (Å²) in [5, 5.41) is 10.7. The number of benzene rings is 2. The van der Waals surface area contributed by atoms with Gasteiger partial charge in [-0.3, -0.25) is 14.9 Å². The van der Waals surface area contributed by atoms with Crippen LogP contribution in [-0.2, 0) is 14.8 Å². The van der Waals surface area contributed by atoms with Crippen molar-refractivity contribution in [3.8, 4) is 0 Å². The zero-order chi connectivity index (χ0) is 20.9. The van der Waals surface area contributed by atoms with Gasteiger partial charge < -0.3 is 9.80 Å². The number of hydrogen-bond acceptors (Lipinski definition) is 6. The number of non-ortho nitro benzene ring substituents is 1. The van der Waals surface area contributed by atoms with Crippen molar-refractivity contribution in [3.05, 3.63) is 64.7 Å². The molecular weight excluding hydrogens is 396 g/mol. The molecule has 0 aliphatic carbocycles. The molecule has 2 aromatic carbocycles. The largest absolute Gasteiger partial charge is 0.368 e. The molecule has 1 heterocycles. The molecule has 3 rings (SSSR count). The minimum Gasteiger partial charge on any atom is -0.368 e. The Morgan fingerprint density at radius 3 is 2.21 bits per heavy atom. The minimum absolute atomic E-state index is 0.0307. The molecule has 0 spiro atoms. The molecule has 1 amide bonds. The van der Waals surface area contributed by atoms with Crippen LogP contribution in [0.4, 0.5) is 11.4 Å². The smallest absolute Gasteiger partial charge is 0.269 e. The summed E-state index contributed by atoms with van der Waals surface area (Å²) in [7, 11) is -3.83. The third-order valence-corrected chi connectivity index (χ3v) is 6.22. The molecule has 1 aliphatic heterocycles. The highest BCUT2D eigenvalue weighted by Gasteiger charge is 2.22. The van der Waals surface area contributed by atoms with Crippen LogP contribution in [0.5, 0.6) is 0 Å². The Bertz CT molecular complexity index is 956. The van der Waals surface area contributed by atoms with E-state index in [0.29, 0.717) is 13.1 Å². The SMILES string of the molecule is O=C(CCNS(=O)(=O)c1ccc([N+](=O)[O-])cc1)N1CCN(c2ccccc2)CC1. The van der Waals surface area contributed by atoms with E-state index in [1.54, 1.807) is 4.90 Å². The number of carbonyl (C=O) groups excluding carboxylic acids is 1. The van der Waals surface area contributed by atoms with Gasteiger partial charge >= 0.3 is 0 Å². The molecule has 2 aromatic rings. The lowest BCUT2D eigenvalue weighted by atomic mass is 10.2. The van der Waals surface area contributed by atoms with Gasteiger partial charge in [0.2, 0.25) is 15.9 Å². The van der Waals surface area contributed by atoms with E-state index in [9.17, 15) is 23.3 Å². The topological polar surface area (TPSA) is 113 Å². The van der Waals surface area contributed by atoms with Crippen molar-refractivity contribution in [2.45, 2.75) is 11.3 Å². The van der Waals surface area contributed by atoms with Crippen LogP contribution in [0.2, 0.25) is 0 Å². The van der Waals surface area contributed by atoms with Gasteiger partial charge in [-0.2, -0.15) is 0 Å². The van der Waals surface area contributed by atoms with Crippen molar-refractivity contribution in [1.29, 1.82) is 0 Å². The Balaban J connectivity index is 1.46. The Labute approximate surface area is 169 Å². The van der Waals surface area contributed by atoms with Gasteiger partial charge in [0.05, 0.1) is 9.82 Å². The number of nitro groups is 1. The second-order valence-corrected chi connectivity index (χ2v) is 8.37. The zero-order valence-corrected chi connectivity index (χ0v) is 16.5. The number of hydrogen-bond donors (Lipinski definition) is 1. The number of carbonyl (C=O) groups is 1. The first-order valence-electron chi connectivity index (χ1n) is 9.19. The second kappa shape index (κ2) is 9.01. The Morgan fingerprint density at radius 2 is 1.62 bits per heavy atom. The summed E-state index contributed by atoms with van der Waals surface area (Å²) in [6.45, 7) is 2.59. The van der Waals surface area contributed by atoms with E-state index < -0.39 is 14.9 Å². The van der Waals surface area contributed by atoms with Crippen LogP contribution in [0.15, 0.2) is 59.5 Å². The first-order valence-corrected chi connectivity index (χ1v) is 10.7. The fourth-order valence-corrected chi connectivity index (χ4v) is 4.17. The maximum atomic E-state index is 12.4. The van der Waals surface area contributed by atoms with Gasteiger partial charge in [0.1, 0.15) is 0 Å². The number of nitrogens with one attached hydrogen (secondary N) is 1. The van der Waals surface area contributed by atoms with Crippen molar-refractivity contribution in [1.82, 2.24) is 9.62 Å². The molecule has 1 aliphatic rings. The van der Waals surface area contributed by atoms with Crippen molar-refractivity contribution in [2.24, 2.45) is 0 Å². The molecule has 0 saturated carbocycles. The van der Waals surface area contributed by atoms with Crippen LogP contribution in [0.1, 0.15) is 6.42 Å². The Kier molecular flexibility index (Phi) is 6.45. The third kappa shape index (κ3) is 5.30. The van der Waals surface area contributed by atoms with E-state index >= 15 is 0 Å². The lowest BCUT2D eigenvalue weighted by Gasteiger charge is -2.36. The number of piperazine rings is 1. The van der Waals surface area contributed by atoms with E-state index in [0.717, 1.165) is 30.9 Å². The maximum Gasteiger partial charge on any atom is 0.269 e. The van der Waals surface area contributed by atoms with Crippen molar-refractivity contribution in [3.63, 3.8) is 0 Å². The van der Waals surface area contributed by atoms with Gasteiger partial charge in [-0.05, 0) is 24.3 Å². The molecule has 0 atom stereocenters. The monoisotopic (exact) mass is 418 g/mol. The molecule has 1 saturated heterocycles. The van der Waals surface area contributed by atoms with Crippen LogP contribution in [-0.4, -0.2) is 56.9 Å². The quantitative estimate of drug-likeness (QED) is 0.540. The van der Waals surface area contributed by atoms with Crippen LogP contribution in [0.3, 0.4) is 0 Å². The summed E-state index contributed by atoms with van der Waals surface area (Å²) >= 11 is 0. The lowest BCUT2D eigenvalue weighted by Crippen LogP contribution is -2.49. The number of anilines is 1. The van der Waals surface area contributed by atoms with E-state index in [2.05, 4.69) is 9.62 Å². The predicted octanol–water partition coefficient (Wildman–Crippen LogP) is 1.61. The van der Waals surface area contributed by atoms with Crippen LogP contribution in [0, 0.1) is 10.1 Å². The molecule has 29 heavy (non-hydrogen) atoms. The van der Waals surface area contributed by atoms with Gasteiger partial charge in [-0.1, -0.05) is 18.2 Å². The van der Waals surface area contributed by atoms with E-state index in [1.165, 1.54) is 12.1 Å². The lowest BCUT2D eigenvalue weighted by molar-refractivity contribution is -0.384. The fourth-order valence-electron chi connectivity index (χ4n) is 3.13. The van der Waals surface area contributed by atoms with Gasteiger partial charge in [-0.15, -0.1) is 0 Å². The highest BCUT2D eigenvalue weighted by molar-refractivity contribution is 7.89. The van der Waals surface area contributed by atoms with Crippen molar-refractivity contribution < 1.29 is 18.1 Å². The van der Waals surface area contributed by atoms with Crippen LogP contribution >= 0.6 is 0 Å². The highest BCUT2D eigenvalue weighted by Crippen LogP contribution is 2.17. The molecule has 1 N–H and O–H groups in total. The number of amides is 1. The molecule has 10 heteroatoms. The van der Waals surface area contributed by atoms with E-state index in [4.69, 9.17) is 0 Å². The summed E-state index contributed by atoms with van der Waals surface area (Å²) in [4.78, 5) is 26.3. The molecule has 1 fully saturated rings. The summed E-state index contributed by atoms with van der Waals surface area (Å²) in [5.74, 6) is -0.107. The van der Waals surface area contributed by atoms with Crippen molar-refractivity contribution >= 4 is 27.3 Å². The Morgan fingerprint density at radius 1 is 1.00 bits per heavy atom. The summed E-state index contributed by atoms with van der Waals surface area (Å²) in [6.07, 6.45) is 0.0531. The fraction of sp³-hybridized carbons (Fsp3) is 0.316. The molecular formula is C19H22N4O5S. The first kappa shape index (κ1) is 20.7. The average molecular weight is 418 g/mol. The predicted molar refractivity (Wildman–Crippen MR) is 108 cm³/mol. The molecule has 154 valence electrons. The zero-order valence-electron chi connectivity index (χ0n) is 15.7. The molecule has 0 radical (unpaired) electrons. The van der Waals surface area contributed by atoms with Crippen LogP contribution < -0.4 is 9.62 Å². The third-order valence-electron chi connectivity index (χ3n) is 4.74. The summed E-state index contributed by atoms with van der Waals surface area (Å²) in [6, 6.07) is 14.6. The first-order chi connectivity index (χ1) is 13.9. The number of rotatable bonds is 7. The summed E-state index contributed by atoms with van der Waals surface area (Å²) in [5.41, 5.74) is 0.934. The average Bonchev–Trinajstić information content (AvgIpc) is 2.74. The highest BCUT2D eigenvalue weighted by atomic mass is 32.2. The number of para-hydroxylation sites is 1. The standard InChI is InChI=1S/C19H22N4O5S/c24-19(22-14-12-21(13-15-22)16-4-2-1-3-5-16)10-11-20-29(27,28)18-8-6-17(7-9-18)23(25)26/h1-9,20H,10-15H2. The maximum absolute atomic E-state index is 12.4. The second-order valence-electron chi connectivity index (χ2n) is 6.60. The Hall–Kier alpha value is -2.98. The molecule has 0 aromatic heterocycles. The molecule has 0 bridgehead atoms. The van der Waals surface area contributed by atoms with E-state index in [-0.39, 0.29) is 29.5 Å². The number of nitro benzene ring substituents is 1. The van der Waals surface area contributed by atoms with Crippen molar-refractivity contribution in [2.75, 3.05) is 37.6 Å². The van der Waals surface area contributed by atoms with Gasteiger partial charge in [0.25, 0.3) is 5.69 Å². The number of sulfonamides is 1. The minimum atomic E-state index is -3.83. The molecule has 9 nitrogen and oxygen atoms in total. The number of nitrogens with zero attached hydrogens (tertiary/aromatic N) is 3. The van der Waals surface area contributed by atoms with E-state index in [1.807, 2.05) is 30.3 Å². The van der Waals surface area contributed by atoms with Gasteiger partial charge in [0.15, 0.2) is 0 Å². The van der Waals surface area contributed by atoms with Gasteiger partial charge in [0, 0.05) is 57.0 Å². The van der Waals surface area contributed by atoms with Gasteiger partial charge in [-0.25, -0.2) is 13.1 Å². The van der Waals surface area contributed by atoms with Crippen LogP contribution in [0.25, 0.3) is 0 Å². The molecule has 0 unspecified atom stereocenters. The summed E-state index contributed by atoms with van der Waals surface area (Å²) < 4.78 is 26.9.